The molecule has 8 fully saturated rings. The van der Waals surface area contributed by atoms with Crippen LogP contribution >= 0.6 is 0 Å². The van der Waals surface area contributed by atoms with Crippen LogP contribution in [0.2, 0.25) is 0 Å². The molecule has 8 atom stereocenters. The molecular formula is C71H126F8. The Morgan fingerprint density at radius 3 is 0.684 bits per heavy atom. The molecule has 466 valence electrons. The molecule has 0 aromatic heterocycles. The van der Waals surface area contributed by atoms with E-state index in [2.05, 4.69) is 55.4 Å². The van der Waals surface area contributed by atoms with E-state index in [1.54, 1.807) is 0 Å². The smallest absolute Gasteiger partial charge is 0.207 e. The summed E-state index contributed by atoms with van der Waals surface area (Å²) in [5.74, 6) is -5.18. The summed E-state index contributed by atoms with van der Waals surface area (Å²) in [5.41, 5.74) is 0. The van der Waals surface area contributed by atoms with Crippen LogP contribution in [0.25, 0.3) is 0 Å². The van der Waals surface area contributed by atoms with Gasteiger partial charge in [0.15, 0.2) is 0 Å². The maximum atomic E-state index is 14.5. The minimum absolute atomic E-state index is 0.156. The maximum absolute atomic E-state index is 14.5. The molecule has 0 aromatic carbocycles. The van der Waals surface area contributed by atoms with Gasteiger partial charge in [-0.1, -0.05) is 203 Å². The van der Waals surface area contributed by atoms with Gasteiger partial charge < -0.3 is 0 Å². The molecule has 0 amide bonds. The van der Waals surface area contributed by atoms with Gasteiger partial charge in [-0.25, -0.2) is 35.1 Å². The third-order valence-corrected chi connectivity index (χ3v) is 23.4. The molecule has 0 radical (unpaired) electrons. The van der Waals surface area contributed by atoms with E-state index in [0.717, 1.165) is 171 Å². The second-order valence-corrected chi connectivity index (χ2v) is 29.1. The van der Waals surface area contributed by atoms with Crippen LogP contribution in [0.4, 0.5) is 35.1 Å². The number of unbranched alkanes of at least 4 members (excludes halogenated alkanes) is 1. The van der Waals surface area contributed by atoms with Gasteiger partial charge in [-0.15, -0.1) is 0 Å². The summed E-state index contributed by atoms with van der Waals surface area (Å²) in [6.07, 6.45) is 43.2. The quantitative estimate of drug-likeness (QED) is 0.113. The third kappa shape index (κ3) is 21.7. The normalized spacial score (nSPS) is 38.1. The van der Waals surface area contributed by atoms with Gasteiger partial charge in [-0.05, 0) is 174 Å². The van der Waals surface area contributed by atoms with E-state index in [0.29, 0.717) is 23.7 Å². The summed E-state index contributed by atoms with van der Waals surface area (Å²) in [6.45, 7) is 17.3. The number of hydrogen-bond acceptors (Lipinski definition) is 0. The largest absolute Gasteiger partial charge is 0.251 e. The Morgan fingerprint density at radius 2 is 0.443 bits per heavy atom. The zero-order chi connectivity index (χ0) is 57.6. The first-order chi connectivity index (χ1) is 37.8. The van der Waals surface area contributed by atoms with Crippen molar-refractivity contribution in [3.05, 3.63) is 0 Å². The molecule has 0 aromatic rings. The summed E-state index contributed by atoms with van der Waals surface area (Å²) in [6, 6.07) is 0. The number of rotatable bonds is 19. The van der Waals surface area contributed by atoms with Crippen molar-refractivity contribution in [1.82, 2.24) is 0 Å². The Labute approximate surface area is 483 Å². The molecule has 0 N–H and O–H groups in total. The lowest BCUT2D eigenvalue weighted by molar-refractivity contribution is -0.129. The molecule has 0 bridgehead atoms. The third-order valence-electron chi connectivity index (χ3n) is 23.4. The van der Waals surface area contributed by atoms with Gasteiger partial charge in [0.25, 0.3) is 23.7 Å². The van der Waals surface area contributed by atoms with Gasteiger partial charge >= 0.3 is 0 Å². The first-order valence-corrected chi connectivity index (χ1v) is 35.3. The molecule has 0 saturated heterocycles. The second-order valence-electron chi connectivity index (χ2n) is 29.1. The van der Waals surface area contributed by atoms with E-state index >= 15 is 0 Å². The van der Waals surface area contributed by atoms with Crippen molar-refractivity contribution in [2.24, 2.45) is 94.7 Å². The fourth-order valence-electron chi connectivity index (χ4n) is 18.6. The highest BCUT2D eigenvalue weighted by Crippen LogP contribution is 2.54. The Morgan fingerprint density at radius 1 is 0.228 bits per heavy atom. The Hall–Kier alpha value is -0.560. The SMILES string of the molecule is CCCC1CCC(C2CCC(CC)CC2(F)F)CC1.CCCC1CCC(C2CCC(CC)CC2)C(F)(F)C1.CCCC1CCC(C2CCC(CCC)CC2(F)F)CC1.CCCCC1CCC(C2CCC(CCC)CC2(F)F)CC1. The zero-order valence-corrected chi connectivity index (χ0v) is 52.7. The number of alkyl halides is 8. The van der Waals surface area contributed by atoms with Gasteiger partial charge in [0.1, 0.15) is 0 Å². The van der Waals surface area contributed by atoms with E-state index in [1.165, 1.54) is 103 Å². The highest BCUT2D eigenvalue weighted by atomic mass is 19.3. The molecule has 8 saturated carbocycles. The molecule has 8 rings (SSSR count). The van der Waals surface area contributed by atoms with Crippen LogP contribution < -0.4 is 0 Å². The molecule has 79 heavy (non-hydrogen) atoms. The molecular weight excluding hydrogens is 1000 g/mol. The van der Waals surface area contributed by atoms with Crippen LogP contribution in [0, 0.1) is 94.7 Å². The number of hydrogen-bond donors (Lipinski definition) is 0. The van der Waals surface area contributed by atoms with Crippen molar-refractivity contribution in [3.8, 4) is 0 Å². The Bertz CT molecular complexity index is 1560. The van der Waals surface area contributed by atoms with E-state index in [9.17, 15) is 35.1 Å². The predicted molar refractivity (Wildman–Crippen MR) is 320 cm³/mol. The fourth-order valence-corrected chi connectivity index (χ4v) is 18.6. The standard InChI is InChI=1S/C19H34F2.C18H32F2.2C17H30F2/c1-3-5-7-15-8-11-17(12-9-15)18-13-10-16(6-4-2)14-19(18,20)21;1-3-5-14-7-10-16(11-8-14)17-12-9-15(6-4-2)13-18(17,19)20;1-3-5-14-6-9-15(10-7-14)16-11-8-13(4-2)12-17(16,18)19;1-3-5-14-8-11-16(17(18,19)12-14)15-9-6-13(4-2)7-10-15/h15-18H,3-14H2,1-2H3;14-17H,3-13H2,1-2H3;2*13-16H,3-12H2,1-2H3. The minimum Gasteiger partial charge on any atom is -0.207 e. The average molecular weight is 1130 g/mol. The topological polar surface area (TPSA) is 0 Å². The lowest BCUT2D eigenvalue weighted by atomic mass is 9.66. The van der Waals surface area contributed by atoms with E-state index < -0.39 is 23.7 Å². The van der Waals surface area contributed by atoms with Crippen LogP contribution in [0.1, 0.15) is 331 Å². The highest BCUT2D eigenvalue weighted by molar-refractivity contribution is 4.95. The van der Waals surface area contributed by atoms with Crippen LogP contribution in [-0.4, -0.2) is 23.7 Å². The first kappa shape index (κ1) is 69.2. The maximum Gasteiger partial charge on any atom is 0.251 e. The van der Waals surface area contributed by atoms with Crippen LogP contribution in [-0.2, 0) is 0 Å². The second kappa shape index (κ2) is 34.6. The summed E-state index contributed by atoms with van der Waals surface area (Å²) >= 11 is 0. The van der Waals surface area contributed by atoms with Gasteiger partial charge in [-0.3, -0.25) is 0 Å². The summed E-state index contributed by atoms with van der Waals surface area (Å²) in [7, 11) is 0. The zero-order valence-electron chi connectivity index (χ0n) is 52.7. The van der Waals surface area contributed by atoms with Crippen molar-refractivity contribution < 1.29 is 35.1 Å². The lowest BCUT2D eigenvalue weighted by Crippen LogP contribution is -2.41. The van der Waals surface area contributed by atoms with Crippen LogP contribution in [0.15, 0.2) is 0 Å². The van der Waals surface area contributed by atoms with Crippen LogP contribution in [0.5, 0.6) is 0 Å². The monoisotopic (exact) mass is 1130 g/mol. The molecule has 0 spiro atoms. The van der Waals surface area contributed by atoms with Crippen molar-refractivity contribution in [1.29, 1.82) is 0 Å². The van der Waals surface area contributed by atoms with E-state index in [1.807, 2.05) is 0 Å². The molecule has 8 unspecified atom stereocenters. The van der Waals surface area contributed by atoms with E-state index in [4.69, 9.17) is 0 Å². The van der Waals surface area contributed by atoms with Crippen molar-refractivity contribution in [3.63, 3.8) is 0 Å². The summed E-state index contributed by atoms with van der Waals surface area (Å²) in [4.78, 5) is 0. The number of halogens is 8. The lowest BCUT2D eigenvalue weighted by Gasteiger charge is -2.42. The van der Waals surface area contributed by atoms with Crippen molar-refractivity contribution >= 4 is 0 Å². The molecule has 0 nitrogen and oxygen atoms in total. The molecule has 0 heterocycles. The summed E-state index contributed by atoms with van der Waals surface area (Å²) in [5, 5.41) is 0. The molecule has 8 aliphatic rings. The van der Waals surface area contributed by atoms with E-state index in [-0.39, 0.29) is 73.0 Å². The van der Waals surface area contributed by atoms with Gasteiger partial charge in [0.2, 0.25) is 0 Å². The van der Waals surface area contributed by atoms with Gasteiger partial charge in [-0.2, -0.15) is 0 Å². The van der Waals surface area contributed by atoms with Crippen molar-refractivity contribution in [2.45, 2.75) is 355 Å². The van der Waals surface area contributed by atoms with Crippen molar-refractivity contribution in [2.75, 3.05) is 0 Å². The van der Waals surface area contributed by atoms with Crippen LogP contribution in [0.3, 0.4) is 0 Å². The summed E-state index contributed by atoms with van der Waals surface area (Å²) < 4.78 is 115. The first-order valence-electron chi connectivity index (χ1n) is 35.3. The van der Waals surface area contributed by atoms with Gasteiger partial charge in [0, 0.05) is 49.4 Å². The molecule has 8 heteroatoms. The molecule has 8 aliphatic carbocycles. The highest BCUT2D eigenvalue weighted by Gasteiger charge is 2.52. The molecule has 0 aliphatic heterocycles. The minimum atomic E-state index is -2.39. The Balaban J connectivity index is 0.000000194. The average Bonchev–Trinajstić information content (AvgIpc) is 3.52. The van der Waals surface area contributed by atoms with Gasteiger partial charge in [0.05, 0.1) is 0 Å². The fraction of sp³-hybridized carbons (Fsp3) is 1.00. The predicted octanol–water partition coefficient (Wildman–Crippen LogP) is 25.4. The Kier molecular flexibility index (Phi) is 30.3.